The van der Waals surface area contributed by atoms with Gasteiger partial charge in [-0.1, -0.05) is 91.0 Å². The molecule has 3 rings (SSSR count). The van der Waals surface area contributed by atoms with E-state index in [1.807, 2.05) is 97.9 Å². The van der Waals surface area contributed by atoms with E-state index in [4.69, 9.17) is 18.9 Å². The first kappa shape index (κ1) is 28.0. The maximum absolute atomic E-state index is 14.5. The fraction of sp³-hybridized carbons (Fsp3) is 0.400. The van der Waals surface area contributed by atoms with Crippen molar-refractivity contribution in [1.29, 1.82) is 0 Å². The van der Waals surface area contributed by atoms with Gasteiger partial charge < -0.3 is 24.3 Å². The molecular formula is C30H38FNO4. The Morgan fingerprint density at radius 3 is 1.86 bits per heavy atom. The molecule has 0 fully saturated rings. The number of rotatable bonds is 18. The molecule has 0 aliphatic carbocycles. The monoisotopic (exact) mass is 495 g/mol. The molecule has 0 saturated carbocycles. The van der Waals surface area contributed by atoms with Gasteiger partial charge in [0.25, 0.3) is 0 Å². The standard InChI is InChI=1S/C30H38FNO4/c1-25(22-35-23-26-11-5-2-6-12-26)36-20-19-33-17-18-34-24-29(31)21-32-30(27-13-7-3-8-14-27)28-15-9-4-10-16-28/h2-16,25,29-30,32H,17-24H2,1H3. The van der Waals surface area contributed by atoms with Gasteiger partial charge in [0, 0.05) is 6.54 Å². The van der Waals surface area contributed by atoms with Gasteiger partial charge in [-0.15, -0.1) is 0 Å². The van der Waals surface area contributed by atoms with E-state index in [-0.39, 0.29) is 25.3 Å². The van der Waals surface area contributed by atoms with Crippen LogP contribution in [-0.2, 0) is 25.6 Å². The lowest BCUT2D eigenvalue weighted by Gasteiger charge is -2.21. The van der Waals surface area contributed by atoms with Gasteiger partial charge in [0.2, 0.25) is 0 Å². The third-order valence-electron chi connectivity index (χ3n) is 5.57. The van der Waals surface area contributed by atoms with Gasteiger partial charge in [0.1, 0.15) is 6.17 Å². The SMILES string of the molecule is CC(COCc1ccccc1)OCCOCCOCC(F)CNC(c1ccccc1)c1ccccc1. The Hall–Kier alpha value is -2.61. The number of nitrogens with one attached hydrogen (secondary N) is 1. The molecule has 194 valence electrons. The van der Waals surface area contributed by atoms with E-state index in [0.29, 0.717) is 39.6 Å². The minimum atomic E-state index is -1.11. The second-order valence-corrected chi connectivity index (χ2v) is 8.63. The summed E-state index contributed by atoms with van der Waals surface area (Å²) >= 11 is 0. The number of hydrogen-bond acceptors (Lipinski definition) is 5. The molecule has 2 unspecified atom stereocenters. The van der Waals surface area contributed by atoms with Crippen molar-refractivity contribution in [2.75, 3.05) is 46.2 Å². The van der Waals surface area contributed by atoms with E-state index in [1.54, 1.807) is 0 Å². The molecule has 5 nitrogen and oxygen atoms in total. The third kappa shape index (κ3) is 11.0. The summed E-state index contributed by atoms with van der Waals surface area (Å²) < 4.78 is 36.8. The first-order valence-corrected chi connectivity index (χ1v) is 12.6. The Labute approximate surface area is 214 Å². The van der Waals surface area contributed by atoms with Gasteiger partial charge in [-0.3, -0.25) is 0 Å². The van der Waals surface area contributed by atoms with Gasteiger partial charge in [-0.05, 0) is 23.6 Å². The molecule has 0 aromatic heterocycles. The van der Waals surface area contributed by atoms with Crippen LogP contribution in [-0.4, -0.2) is 58.5 Å². The van der Waals surface area contributed by atoms with Crippen LogP contribution in [0.3, 0.4) is 0 Å². The van der Waals surface area contributed by atoms with E-state index in [9.17, 15) is 4.39 Å². The Kier molecular flexibility index (Phi) is 13.2. The number of hydrogen-bond donors (Lipinski definition) is 1. The van der Waals surface area contributed by atoms with Crippen LogP contribution in [0.5, 0.6) is 0 Å². The van der Waals surface area contributed by atoms with Gasteiger partial charge in [0.05, 0.1) is 58.4 Å². The molecule has 0 heterocycles. The molecule has 1 N–H and O–H groups in total. The van der Waals surface area contributed by atoms with Gasteiger partial charge in [0.15, 0.2) is 0 Å². The molecule has 3 aromatic rings. The van der Waals surface area contributed by atoms with E-state index in [2.05, 4.69) is 5.32 Å². The highest BCUT2D eigenvalue weighted by Gasteiger charge is 2.16. The largest absolute Gasteiger partial charge is 0.377 e. The number of ether oxygens (including phenoxy) is 4. The van der Waals surface area contributed by atoms with Crippen molar-refractivity contribution in [3.8, 4) is 0 Å². The summed E-state index contributed by atoms with van der Waals surface area (Å²) in [5.41, 5.74) is 3.35. The van der Waals surface area contributed by atoms with Crippen molar-refractivity contribution < 1.29 is 23.3 Å². The smallest absolute Gasteiger partial charge is 0.136 e. The van der Waals surface area contributed by atoms with Gasteiger partial charge in [-0.25, -0.2) is 4.39 Å². The predicted octanol–water partition coefficient (Wildman–Crippen LogP) is 5.36. The molecular weight excluding hydrogens is 457 g/mol. The van der Waals surface area contributed by atoms with Crippen molar-refractivity contribution in [1.82, 2.24) is 5.32 Å². The summed E-state index contributed by atoms with van der Waals surface area (Å²) in [5.74, 6) is 0. The topological polar surface area (TPSA) is 49.0 Å². The molecule has 0 bridgehead atoms. The second-order valence-electron chi connectivity index (χ2n) is 8.63. The highest BCUT2D eigenvalue weighted by atomic mass is 19.1. The van der Waals surface area contributed by atoms with Crippen LogP contribution in [0, 0.1) is 0 Å². The average Bonchev–Trinajstić information content (AvgIpc) is 2.92. The Morgan fingerprint density at radius 2 is 1.22 bits per heavy atom. The minimum absolute atomic E-state index is 0.0102. The van der Waals surface area contributed by atoms with E-state index < -0.39 is 6.17 Å². The zero-order valence-corrected chi connectivity index (χ0v) is 21.1. The summed E-state index contributed by atoms with van der Waals surface area (Å²) in [6, 6.07) is 30.1. The lowest BCUT2D eigenvalue weighted by molar-refractivity contribution is -0.0413. The fourth-order valence-electron chi connectivity index (χ4n) is 3.73. The minimum Gasteiger partial charge on any atom is -0.377 e. The maximum Gasteiger partial charge on any atom is 0.136 e. The summed E-state index contributed by atoms with van der Waals surface area (Å²) in [5, 5.41) is 3.34. The molecule has 0 radical (unpaired) electrons. The molecule has 0 saturated heterocycles. The van der Waals surface area contributed by atoms with Crippen LogP contribution in [0.2, 0.25) is 0 Å². The van der Waals surface area contributed by atoms with Crippen LogP contribution in [0.1, 0.15) is 29.7 Å². The van der Waals surface area contributed by atoms with Crippen molar-refractivity contribution in [3.63, 3.8) is 0 Å². The first-order valence-electron chi connectivity index (χ1n) is 12.6. The van der Waals surface area contributed by atoms with Crippen LogP contribution in [0.4, 0.5) is 4.39 Å². The highest BCUT2D eigenvalue weighted by Crippen LogP contribution is 2.21. The summed E-state index contributed by atoms with van der Waals surface area (Å²) in [7, 11) is 0. The highest BCUT2D eigenvalue weighted by molar-refractivity contribution is 5.31. The van der Waals surface area contributed by atoms with E-state index in [1.165, 1.54) is 0 Å². The molecule has 0 amide bonds. The van der Waals surface area contributed by atoms with Crippen molar-refractivity contribution >= 4 is 0 Å². The molecule has 0 aliphatic rings. The van der Waals surface area contributed by atoms with Crippen molar-refractivity contribution in [2.24, 2.45) is 0 Å². The zero-order valence-electron chi connectivity index (χ0n) is 21.1. The molecule has 0 aliphatic heterocycles. The lowest BCUT2D eigenvalue weighted by Crippen LogP contribution is -2.31. The van der Waals surface area contributed by atoms with Gasteiger partial charge in [-0.2, -0.15) is 0 Å². The number of halogens is 1. The van der Waals surface area contributed by atoms with E-state index in [0.717, 1.165) is 16.7 Å². The van der Waals surface area contributed by atoms with Crippen LogP contribution in [0.15, 0.2) is 91.0 Å². The zero-order chi connectivity index (χ0) is 25.3. The maximum atomic E-state index is 14.5. The summed E-state index contributed by atoms with van der Waals surface area (Å²) in [4.78, 5) is 0. The second kappa shape index (κ2) is 17.0. The molecule has 6 heteroatoms. The molecule has 0 spiro atoms. The molecule has 3 aromatic carbocycles. The molecule has 36 heavy (non-hydrogen) atoms. The van der Waals surface area contributed by atoms with Crippen molar-refractivity contribution in [2.45, 2.75) is 31.8 Å². The Balaban J connectivity index is 1.21. The average molecular weight is 496 g/mol. The number of alkyl halides is 1. The molecule has 2 atom stereocenters. The quantitative estimate of drug-likeness (QED) is 0.241. The fourth-order valence-corrected chi connectivity index (χ4v) is 3.73. The van der Waals surface area contributed by atoms with Crippen LogP contribution in [0.25, 0.3) is 0 Å². The third-order valence-corrected chi connectivity index (χ3v) is 5.57. The van der Waals surface area contributed by atoms with Gasteiger partial charge >= 0.3 is 0 Å². The lowest BCUT2D eigenvalue weighted by atomic mass is 9.98. The Bertz CT molecular complexity index is 890. The normalized spacial score (nSPS) is 13.1. The first-order chi connectivity index (χ1) is 17.7. The van der Waals surface area contributed by atoms with Crippen molar-refractivity contribution in [3.05, 3.63) is 108 Å². The van der Waals surface area contributed by atoms with E-state index >= 15 is 0 Å². The summed E-state index contributed by atoms with van der Waals surface area (Å²) in [6.07, 6.45) is -1.12. The van der Waals surface area contributed by atoms with Crippen LogP contribution < -0.4 is 5.32 Å². The Morgan fingerprint density at radius 1 is 0.667 bits per heavy atom. The predicted molar refractivity (Wildman–Crippen MR) is 141 cm³/mol. The number of benzene rings is 3. The van der Waals surface area contributed by atoms with Crippen LogP contribution >= 0.6 is 0 Å². The summed E-state index contributed by atoms with van der Waals surface area (Å²) in [6.45, 7) is 4.99.